The first-order valence-electron chi connectivity index (χ1n) is 6.88. The zero-order valence-electron chi connectivity index (χ0n) is 11.7. The van der Waals surface area contributed by atoms with E-state index in [1.165, 1.54) is 0 Å². The van der Waals surface area contributed by atoms with E-state index in [0.717, 1.165) is 12.8 Å². The number of aliphatic hydroxyl groups is 1. The van der Waals surface area contributed by atoms with E-state index >= 15 is 0 Å². The number of aromatic nitrogens is 2. The van der Waals surface area contributed by atoms with Crippen molar-refractivity contribution < 1.29 is 5.11 Å². The van der Waals surface area contributed by atoms with Gasteiger partial charge in [-0.3, -0.25) is 14.3 Å². The zero-order chi connectivity index (χ0) is 14.2. The molecule has 2 rings (SSSR count). The Kier molecular flexibility index (Phi) is 3.94. The monoisotopic (exact) mass is 266 g/mol. The van der Waals surface area contributed by atoms with E-state index in [0.29, 0.717) is 17.9 Å². The number of hydrogen-bond acceptors (Lipinski definition) is 3. The topological polar surface area (TPSA) is 75.1 Å². The number of nitrogens with one attached hydrogen (secondary N) is 1. The summed E-state index contributed by atoms with van der Waals surface area (Å²) in [5, 5.41) is 10.1. The molecule has 1 fully saturated rings. The number of nitrogens with zero attached hydrogens (tertiary/aromatic N) is 1. The van der Waals surface area contributed by atoms with Crippen LogP contribution in [0, 0.1) is 18.8 Å². The summed E-state index contributed by atoms with van der Waals surface area (Å²) in [6.07, 6.45) is 3.60. The number of aryl methyl sites for hydroxylation is 1. The van der Waals surface area contributed by atoms with E-state index in [1.54, 1.807) is 17.7 Å². The van der Waals surface area contributed by atoms with E-state index in [4.69, 9.17) is 0 Å². The molecule has 0 aliphatic heterocycles. The van der Waals surface area contributed by atoms with Gasteiger partial charge in [0.05, 0.1) is 6.10 Å². The fourth-order valence-electron chi connectivity index (χ4n) is 3.02. The van der Waals surface area contributed by atoms with Crippen LogP contribution in [0.1, 0.15) is 44.7 Å². The van der Waals surface area contributed by atoms with Gasteiger partial charge in [-0.2, -0.15) is 0 Å². The molecule has 0 bridgehead atoms. The van der Waals surface area contributed by atoms with Crippen molar-refractivity contribution in [3.63, 3.8) is 0 Å². The van der Waals surface area contributed by atoms with Crippen LogP contribution in [0.4, 0.5) is 0 Å². The fourth-order valence-corrected chi connectivity index (χ4v) is 3.02. The SMILES string of the molecule is Cc1cn(C2CC(O)C(CC(C)C)C2)c(=O)[nH]c1=O. The second-order valence-electron chi connectivity index (χ2n) is 6.06. The van der Waals surface area contributed by atoms with Crippen molar-refractivity contribution in [3.05, 3.63) is 32.6 Å². The Morgan fingerprint density at radius 3 is 2.74 bits per heavy atom. The van der Waals surface area contributed by atoms with Crippen molar-refractivity contribution in [1.82, 2.24) is 9.55 Å². The van der Waals surface area contributed by atoms with E-state index in [1.807, 2.05) is 0 Å². The summed E-state index contributed by atoms with van der Waals surface area (Å²) in [5.74, 6) is 0.775. The third-order valence-electron chi connectivity index (χ3n) is 3.95. The Morgan fingerprint density at radius 2 is 2.11 bits per heavy atom. The van der Waals surface area contributed by atoms with Crippen LogP contribution in [0.5, 0.6) is 0 Å². The highest BCUT2D eigenvalue weighted by molar-refractivity contribution is 5.03. The molecule has 1 aromatic heterocycles. The lowest BCUT2D eigenvalue weighted by atomic mass is 9.94. The van der Waals surface area contributed by atoms with E-state index in [-0.39, 0.29) is 29.3 Å². The molecule has 3 unspecified atom stereocenters. The van der Waals surface area contributed by atoms with Crippen LogP contribution in [-0.2, 0) is 0 Å². The molecule has 0 radical (unpaired) electrons. The van der Waals surface area contributed by atoms with E-state index < -0.39 is 0 Å². The Hall–Kier alpha value is -1.36. The quantitative estimate of drug-likeness (QED) is 0.863. The highest BCUT2D eigenvalue weighted by Crippen LogP contribution is 2.37. The first kappa shape index (κ1) is 14.1. The third-order valence-corrected chi connectivity index (χ3v) is 3.95. The molecule has 1 aliphatic rings. The molecule has 1 saturated carbocycles. The number of H-pyrrole nitrogens is 1. The van der Waals surface area contributed by atoms with Gasteiger partial charge >= 0.3 is 5.69 Å². The first-order valence-corrected chi connectivity index (χ1v) is 6.88. The molecule has 0 amide bonds. The van der Waals surface area contributed by atoms with Crippen molar-refractivity contribution in [2.75, 3.05) is 0 Å². The fraction of sp³-hybridized carbons (Fsp3) is 0.714. The first-order chi connectivity index (χ1) is 8.88. The molecule has 0 aromatic carbocycles. The number of hydrogen-bond donors (Lipinski definition) is 2. The van der Waals surface area contributed by atoms with Crippen LogP contribution in [-0.4, -0.2) is 20.8 Å². The molecule has 5 heteroatoms. The highest BCUT2D eigenvalue weighted by Gasteiger charge is 2.34. The Labute approximate surface area is 112 Å². The average molecular weight is 266 g/mol. The predicted molar refractivity (Wildman–Crippen MR) is 73.3 cm³/mol. The number of aliphatic hydroxyl groups excluding tert-OH is 1. The summed E-state index contributed by atoms with van der Waals surface area (Å²) in [6, 6.07) is -0.0122. The lowest BCUT2D eigenvalue weighted by Gasteiger charge is -2.16. The van der Waals surface area contributed by atoms with Crippen molar-refractivity contribution in [2.24, 2.45) is 11.8 Å². The number of rotatable bonds is 3. The zero-order valence-corrected chi connectivity index (χ0v) is 11.7. The number of aromatic amines is 1. The molecule has 106 valence electrons. The Bertz CT molecular complexity index is 559. The lowest BCUT2D eigenvalue weighted by Crippen LogP contribution is -2.32. The van der Waals surface area contributed by atoms with Crippen LogP contribution in [0.2, 0.25) is 0 Å². The average Bonchev–Trinajstić information content (AvgIpc) is 2.64. The summed E-state index contributed by atoms with van der Waals surface area (Å²) in [6.45, 7) is 5.96. The van der Waals surface area contributed by atoms with Gasteiger partial charge in [0.1, 0.15) is 0 Å². The van der Waals surface area contributed by atoms with Crippen molar-refractivity contribution in [1.29, 1.82) is 0 Å². The van der Waals surface area contributed by atoms with Gasteiger partial charge in [0.15, 0.2) is 0 Å². The van der Waals surface area contributed by atoms with Gasteiger partial charge in [0.2, 0.25) is 0 Å². The molecule has 3 atom stereocenters. The van der Waals surface area contributed by atoms with Crippen LogP contribution in [0.15, 0.2) is 15.8 Å². The maximum absolute atomic E-state index is 11.8. The van der Waals surface area contributed by atoms with Gasteiger partial charge in [-0.1, -0.05) is 13.8 Å². The normalized spacial score (nSPS) is 27.1. The van der Waals surface area contributed by atoms with Gasteiger partial charge in [-0.15, -0.1) is 0 Å². The second-order valence-corrected chi connectivity index (χ2v) is 6.06. The van der Waals surface area contributed by atoms with Crippen molar-refractivity contribution >= 4 is 0 Å². The van der Waals surface area contributed by atoms with Crippen LogP contribution < -0.4 is 11.2 Å². The minimum absolute atomic E-state index is 0.0122. The molecule has 1 heterocycles. The summed E-state index contributed by atoms with van der Waals surface area (Å²) >= 11 is 0. The standard InChI is InChI=1S/C14H22N2O3/c1-8(2)4-10-5-11(6-12(10)17)16-7-9(3)13(18)15-14(16)19/h7-8,10-12,17H,4-6H2,1-3H3,(H,15,18,19). The Balaban J connectivity index is 2.23. The van der Waals surface area contributed by atoms with Gasteiger partial charge < -0.3 is 5.11 Å². The van der Waals surface area contributed by atoms with Crippen molar-refractivity contribution in [2.45, 2.75) is 52.2 Å². The Morgan fingerprint density at radius 1 is 1.42 bits per heavy atom. The van der Waals surface area contributed by atoms with Gasteiger partial charge in [0.25, 0.3) is 5.56 Å². The third kappa shape index (κ3) is 2.97. The molecular formula is C14H22N2O3. The summed E-state index contributed by atoms with van der Waals surface area (Å²) in [7, 11) is 0. The minimum Gasteiger partial charge on any atom is -0.393 e. The maximum atomic E-state index is 11.8. The molecule has 19 heavy (non-hydrogen) atoms. The van der Waals surface area contributed by atoms with Crippen LogP contribution >= 0.6 is 0 Å². The summed E-state index contributed by atoms with van der Waals surface area (Å²) < 4.78 is 1.57. The maximum Gasteiger partial charge on any atom is 0.328 e. The second kappa shape index (κ2) is 5.33. The smallest absolute Gasteiger partial charge is 0.328 e. The van der Waals surface area contributed by atoms with Gasteiger partial charge in [0, 0.05) is 17.8 Å². The van der Waals surface area contributed by atoms with Crippen LogP contribution in [0.3, 0.4) is 0 Å². The molecular weight excluding hydrogens is 244 g/mol. The lowest BCUT2D eigenvalue weighted by molar-refractivity contribution is 0.119. The van der Waals surface area contributed by atoms with Gasteiger partial charge in [-0.05, 0) is 38.0 Å². The molecule has 5 nitrogen and oxygen atoms in total. The summed E-state index contributed by atoms with van der Waals surface area (Å²) in [5.41, 5.74) is -0.182. The molecule has 0 spiro atoms. The van der Waals surface area contributed by atoms with Crippen LogP contribution in [0.25, 0.3) is 0 Å². The summed E-state index contributed by atoms with van der Waals surface area (Å²) in [4.78, 5) is 25.5. The van der Waals surface area contributed by atoms with E-state index in [9.17, 15) is 14.7 Å². The minimum atomic E-state index is -0.377. The largest absolute Gasteiger partial charge is 0.393 e. The molecule has 1 aromatic rings. The molecule has 1 aliphatic carbocycles. The van der Waals surface area contributed by atoms with Crippen molar-refractivity contribution in [3.8, 4) is 0 Å². The van der Waals surface area contributed by atoms with Gasteiger partial charge in [-0.25, -0.2) is 4.79 Å². The van der Waals surface area contributed by atoms with E-state index in [2.05, 4.69) is 18.8 Å². The highest BCUT2D eigenvalue weighted by atomic mass is 16.3. The molecule has 0 saturated heterocycles. The predicted octanol–water partition coefficient (Wildman–Crippen LogP) is 1.20. The molecule has 2 N–H and O–H groups in total.